The number of para-hydroxylation sites is 1. The molecular weight excluding hydrogens is 172 g/mol. The molecule has 1 aromatic carbocycles. The Morgan fingerprint density at radius 3 is 2.86 bits per heavy atom. The number of aromatic nitrogens is 2. The maximum absolute atomic E-state index is 3.43. The lowest BCUT2D eigenvalue weighted by Gasteiger charge is -1.88. The minimum atomic E-state index is 1.20. The average Bonchev–Trinajstić information content (AvgIpc) is 2.59. The lowest BCUT2D eigenvalue weighted by atomic mass is 10.2. The molecular formula is C12H11N2+. The topological polar surface area (TPSA) is 29.9 Å². The Labute approximate surface area is 81.6 Å². The molecule has 3 aromatic rings. The Hall–Kier alpha value is -1.83. The van der Waals surface area contributed by atoms with Crippen LogP contribution in [0.1, 0.15) is 5.56 Å². The number of nitrogens with one attached hydrogen (secondary N) is 2. The number of fused-ring (bicyclic) bond motifs is 3. The van der Waals surface area contributed by atoms with Gasteiger partial charge in [0.25, 0.3) is 0 Å². The van der Waals surface area contributed by atoms with Gasteiger partial charge in [-0.25, -0.2) is 4.98 Å². The molecule has 0 aliphatic carbocycles. The maximum atomic E-state index is 3.43. The largest absolute Gasteiger partial charge is 0.354 e. The van der Waals surface area contributed by atoms with E-state index in [-0.39, 0.29) is 0 Å². The summed E-state index contributed by atoms with van der Waals surface area (Å²) in [7, 11) is 0. The van der Waals surface area contributed by atoms with Crippen LogP contribution >= 0.6 is 0 Å². The number of benzene rings is 1. The molecule has 2 N–H and O–H groups in total. The van der Waals surface area contributed by atoms with Crippen molar-refractivity contribution in [3.63, 3.8) is 0 Å². The fraction of sp³-hybridized carbons (Fsp3) is 0.0833. The second kappa shape index (κ2) is 2.58. The molecule has 2 aromatic heterocycles. The third-order valence-corrected chi connectivity index (χ3v) is 2.67. The van der Waals surface area contributed by atoms with Gasteiger partial charge in [-0.2, -0.15) is 0 Å². The van der Waals surface area contributed by atoms with Crippen molar-refractivity contribution in [1.82, 2.24) is 4.98 Å². The first kappa shape index (κ1) is 7.56. The fourth-order valence-electron chi connectivity index (χ4n) is 1.95. The highest BCUT2D eigenvalue weighted by molar-refractivity contribution is 6.07. The van der Waals surface area contributed by atoms with Crippen LogP contribution in [0, 0.1) is 6.92 Å². The van der Waals surface area contributed by atoms with Crippen LogP contribution in [-0.2, 0) is 0 Å². The standard InChI is InChI=1S/C12H10N2/c1-8-6-13-7-10-9-4-2-3-5-11(9)14-12(8)10/h2-7,14H,1H3/p+1. The Morgan fingerprint density at radius 2 is 1.93 bits per heavy atom. The predicted octanol–water partition coefficient (Wildman–Crippen LogP) is 2.44. The zero-order valence-electron chi connectivity index (χ0n) is 7.96. The molecule has 3 rings (SSSR count). The van der Waals surface area contributed by atoms with Gasteiger partial charge in [-0.15, -0.1) is 0 Å². The summed E-state index contributed by atoms with van der Waals surface area (Å²) in [4.78, 5) is 6.59. The van der Waals surface area contributed by atoms with Crippen LogP contribution in [0.4, 0.5) is 0 Å². The van der Waals surface area contributed by atoms with E-state index in [1.165, 1.54) is 27.4 Å². The summed E-state index contributed by atoms with van der Waals surface area (Å²) < 4.78 is 0. The molecule has 0 spiro atoms. The molecule has 0 unspecified atom stereocenters. The number of rotatable bonds is 0. The van der Waals surface area contributed by atoms with E-state index in [1.54, 1.807) is 0 Å². The molecule has 0 bridgehead atoms. The maximum Gasteiger partial charge on any atom is 0.177 e. The number of pyridine rings is 1. The molecule has 2 nitrogen and oxygen atoms in total. The summed E-state index contributed by atoms with van der Waals surface area (Å²) in [6.45, 7) is 2.11. The summed E-state index contributed by atoms with van der Waals surface area (Å²) in [6.07, 6.45) is 4.05. The van der Waals surface area contributed by atoms with Gasteiger partial charge in [0.1, 0.15) is 0 Å². The lowest BCUT2D eigenvalue weighted by Crippen LogP contribution is -1.99. The number of aryl methyl sites for hydroxylation is 1. The summed E-state index contributed by atoms with van der Waals surface area (Å²) in [6, 6.07) is 8.37. The van der Waals surface area contributed by atoms with E-state index in [2.05, 4.69) is 41.2 Å². The van der Waals surface area contributed by atoms with Crippen molar-refractivity contribution in [2.24, 2.45) is 0 Å². The first-order chi connectivity index (χ1) is 6.86. The van der Waals surface area contributed by atoms with Crippen LogP contribution in [0.2, 0.25) is 0 Å². The Balaban J connectivity index is 2.63. The molecule has 0 saturated heterocycles. The van der Waals surface area contributed by atoms with Gasteiger partial charge in [-0.1, -0.05) is 18.2 Å². The molecule has 14 heavy (non-hydrogen) atoms. The molecule has 0 amide bonds. The Kier molecular flexibility index (Phi) is 1.39. The van der Waals surface area contributed by atoms with Crippen molar-refractivity contribution in [2.75, 3.05) is 0 Å². The van der Waals surface area contributed by atoms with Gasteiger partial charge in [0.15, 0.2) is 12.4 Å². The molecule has 0 radical (unpaired) electrons. The first-order valence-electron chi connectivity index (χ1n) is 4.73. The minimum Gasteiger partial charge on any atom is -0.354 e. The zero-order valence-corrected chi connectivity index (χ0v) is 7.96. The van der Waals surface area contributed by atoms with Crippen molar-refractivity contribution in [3.8, 4) is 0 Å². The van der Waals surface area contributed by atoms with Crippen LogP contribution in [0.5, 0.6) is 0 Å². The van der Waals surface area contributed by atoms with Gasteiger partial charge in [-0.05, 0) is 13.0 Å². The van der Waals surface area contributed by atoms with E-state index in [9.17, 15) is 0 Å². The van der Waals surface area contributed by atoms with E-state index < -0.39 is 0 Å². The highest BCUT2D eigenvalue weighted by atomic mass is 14.7. The van der Waals surface area contributed by atoms with E-state index in [0.29, 0.717) is 0 Å². The first-order valence-corrected chi connectivity index (χ1v) is 4.73. The van der Waals surface area contributed by atoms with Crippen molar-refractivity contribution in [1.29, 1.82) is 0 Å². The number of hydrogen-bond donors (Lipinski definition) is 1. The zero-order chi connectivity index (χ0) is 9.54. The lowest BCUT2D eigenvalue weighted by molar-refractivity contribution is -0.376. The summed E-state index contributed by atoms with van der Waals surface area (Å²) >= 11 is 0. The molecule has 0 saturated carbocycles. The van der Waals surface area contributed by atoms with Crippen molar-refractivity contribution >= 4 is 21.8 Å². The predicted molar refractivity (Wildman–Crippen MR) is 57.1 cm³/mol. The quantitative estimate of drug-likeness (QED) is 0.555. The second-order valence-corrected chi connectivity index (χ2v) is 3.60. The average molecular weight is 183 g/mol. The smallest absolute Gasteiger partial charge is 0.177 e. The molecule has 0 atom stereocenters. The fourth-order valence-corrected chi connectivity index (χ4v) is 1.95. The van der Waals surface area contributed by atoms with E-state index >= 15 is 0 Å². The normalized spacial score (nSPS) is 11.2. The highest BCUT2D eigenvalue weighted by Crippen LogP contribution is 2.24. The van der Waals surface area contributed by atoms with Crippen LogP contribution in [-0.4, -0.2) is 4.98 Å². The van der Waals surface area contributed by atoms with E-state index in [4.69, 9.17) is 0 Å². The Morgan fingerprint density at radius 1 is 1.07 bits per heavy atom. The van der Waals surface area contributed by atoms with Gasteiger partial charge < -0.3 is 4.98 Å². The third kappa shape index (κ3) is 0.880. The summed E-state index contributed by atoms with van der Waals surface area (Å²) in [5.74, 6) is 0. The molecule has 0 fully saturated rings. The molecule has 0 aliphatic rings. The van der Waals surface area contributed by atoms with Crippen LogP contribution in [0.25, 0.3) is 21.8 Å². The minimum absolute atomic E-state index is 1.20. The van der Waals surface area contributed by atoms with Crippen molar-refractivity contribution in [2.45, 2.75) is 6.92 Å². The molecule has 2 heteroatoms. The van der Waals surface area contributed by atoms with Gasteiger partial charge in [0, 0.05) is 16.5 Å². The SMILES string of the molecule is Cc1c[nH+]cc2c1[nH]c1ccccc12. The number of aromatic amines is 2. The Bertz CT molecular complexity index is 608. The van der Waals surface area contributed by atoms with Crippen molar-refractivity contribution < 1.29 is 4.98 Å². The summed E-state index contributed by atoms with van der Waals surface area (Å²) in [5, 5.41) is 2.54. The van der Waals surface area contributed by atoms with Gasteiger partial charge in [0.05, 0.1) is 10.9 Å². The molecule has 68 valence electrons. The second-order valence-electron chi connectivity index (χ2n) is 3.60. The number of hydrogen-bond acceptors (Lipinski definition) is 0. The van der Waals surface area contributed by atoms with Crippen molar-refractivity contribution in [3.05, 3.63) is 42.2 Å². The van der Waals surface area contributed by atoms with Gasteiger partial charge >= 0.3 is 0 Å². The van der Waals surface area contributed by atoms with E-state index in [0.717, 1.165) is 0 Å². The summed E-state index contributed by atoms with van der Waals surface area (Å²) in [5.41, 5.74) is 3.67. The van der Waals surface area contributed by atoms with Crippen LogP contribution in [0.3, 0.4) is 0 Å². The number of H-pyrrole nitrogens is 2. The molecule has 0 aliphatic heterocycles. The van der Waals surface area contributed by atoms with Crippen LogP contribution in [0.15, 0.2) is 36.7 Å². The highest BCUT2D eigenvalue weighted by Gasteiger charge is 2.07. The van der Waals surface area contributed by atoms with Gasteiger partial charge in [0.2, 0.25) is 0 Å². The molecule has 2 heterocycles. The van der Waals surface area contributed by atoms with Gasteiger partial charge in [-0.3, -0.25) is 0 Å². The third-order valence-electron chi connectivity index (χ3n) is 2.67. The van der Waals surface area contributed by atoms with E-state index in [1.807, 2.05) is 12.4 Å². The van der Waals surface area contributed by atoms with Crippen LogP contribution < -0.4 is 4.98 Å². The monoisotopic (exact) mass is 183 g/mol.